The monoisotopic (exact) mass is 363 g/mol. The second kappa shape index (κ2) is 9.82. The first kappa shape index (κ1) is 20.7. The summed E-state index contributed by atoms with van der Waals surface area (Å²) in [4.78, 5) is 45.7. The van der Waals surface area contributed by atoms with Crippen LogP contribution in [-0.4, -0.2) is 43.1 Å². The SMILES string of the molecule is COc1ccc(/C=C/C(=O)N[C@@H](C)C(=O)O[C@H](C)C(=O)NC(N)=O)cc1. The van der Waals surface area contributed by atoms with Gasteiger partial charge in [0.05, 0.1) is 7.11 Å². The lowest BCUT2D eigenvalue weighted by Crippen LogP contribution is -2.45. The Morgan fingerprint density at radius 3 is 2.27 bits per heavy atom. The van der Waals surface area contributed by atoms with Crippen LogP contribution in [0.5, 0.6) is 5.75 Å². The van der Waals surface area contributed by atoms with Crippen molar-refractivity contribution in [2.75, 3.05) is 7.11 Å². The molecule has 0 aliphatic carbocycles. The number of methoxy groups -OCH3 is 1. The highest BCUT2D eigenvalue weighted by Crippen LogP contribution is 2.12. The predicted molar refractivity (Wildman–Crippen MR) is 92.9 cm³/mol. The normalized spacial score (nSPS) is 12.7. The third kappa shape index (κ3) is 7.04. The standard InChI is InChI=1S/C17H21N3O6/c1-10(16(23)26-11(2)15(22)20-17(18)24)19-14(21)9-6-12-4-7-13(25-3)8-5-12/h4-11H,1-3H3,(H,19,21)(H3,18,20,22,24)/b9-6+/t10-,11+/m0/s1. The Kier molecular flexibility index (Phi) is 7.81. The van der Waals surface area contributed by atoms with E-state index in [0.717, 1.165) is 5.56 Å². The van der Waals surface area contributed by atoms with Gasteiger partial charge in [-0.15, -0.1) is 0 Å². The van der Waals surface area contributed by atoms with Gasteiger partial charge >= 0.3 is 12.0 Å². The molecule has 0 fully saturated rings. The molecular weight excluding hydrogens is 342 g/mol. The van der Waals surface area contributed by atoms with Crippen molar-refractivity contribution in [1.82, 2.24) is 10.6 Å². The number of esters is 1. The molecule has 0 saturated carbocycles. The van der Waals surface area contributed by atoms with Crippen LogP contribution in [0.1, 0.15) is 19.4 Å². The van der Waals surface area contributed by atoms with Gasteiger partial charge in [0.25, 0.3) is 5.91 Å². The Morgan fingerprint density at radius 1 is 1.12 bits per heavy atom. The Bertz CT molecular complexity index is 699. The lowest BCUT2D eigenvalue weighted by atomic mass is 10.2. The summed E-state index contributed by atoms with van der Waals surface area (Å²) in [6, 6.07) is 4.97. The number of nitrogens with two attached hydrogens (primary N) is 1. The minimum atomic E-state index is -1.23. The van der Waals surface area contributed by atoms with E-state index in [9.17, 15) is 19.2 Å². The van der Waals surface area contributed by atoms with Crippen molar-refractivity contribution in [3.8, 4) is 5.75 Å². The summed E-state index contributed by atoms with van der Waals surface area (Å²) in [6.45, 7) is 2.68. The maximum atomic E-state index is 11.9. The highest BCUT2D eigenvalue weighted by Gasteiger charge is 2.23. The molecular formula is C17H21N3O6. The number of imide groups is 1. The van der Waals surface area contributed by atoms with Crippen LogP contribution in [0.15, 0.2) is 30.3 Å². The molecule has 0 aliphatic rings. The highest BCUT2D eigenvalue weighted by molar-refractivity contribution is 5.97. The first-order valence-corrected chi connectivity index (χ1v) is 7.66. The van der Waals surface area contributed by atoms with Gasteiger partial charge in [-0.05, 0) is 37.6 Å². The number of amides is 4. The molecule has 0 unspecified atom stereocenters. The maximum Gasteiger partial charge on any atom is 0.329 e. The average Bonchev–Trinajstić information content (AvgIpc) is 2.59. The number of urea groups is 1. The summed E-state index contributed by atoms with van der Waals surface area (Å²) in [7, 11) is 1.55. The van der Waals surface area contributed by atoms with Gasteiger partial charge in [-0.25, -0.2) is 9.59 Å². The number of hydrogen-bond acceptors (Lipinski definition) is 6. The molecule has 0 saturated heterocycles. The molecule has 4 amide bonds. The van der Waals surface area contributed by atoms with Crippen LogP contribution >= 0.6 is 0 Å². The molecule has 26 heavy (non-hydrogen) atoms. The molecule has 1 rings (SSSR count). The van der Waals surface area contributed by atoms with E-state index in [4.69, 9.17) is 15.2 Å². The van der Waals surface area contributed by atoms with Gasteiger partial charge < -0.3 is 20.5 Å². The fourth-order valence-electron chi connectivity index (χ4n) is 1.76. The van der Waals surface area contributed by atoms with Crippen molar-refractivity contribution >= 4 is 29.9 Å². The van der Waals surface area contributed by atoms with Crippen molar-refractivity contribution in [3.05, 3.63) is 35.9 Å². The molecule has 1 aromatic carbocycles. The third-order valence-corrected chi connectivity index (χ3v) is 3.16. The second-order valence-corrected chi connectivity index (χ2v) is 5.27. The Balaban J connectivity index is 2.51. The van der Waals surface area contributed by atoms with Crippen molar-refractivity contribution in [2.45, 2.75) is 26.0 Å². The fraction of sp³-hybridized carbons (Fsp3) is 0.294. The Morgan fingerprint density at radius 2 is 1.73 bits per heavy atom. The molecule has 140 valence electrons. The van der Waals surface area contributed by atoms with Crippen molar-refractivity contribution in [2.24, 2.45) is 5.73 Å². The summed E-state index contributed by atoms with van der Waals surface area (Å²) in [5.74, 6) is -1.51. The van der Waals surface area contributed by atoms with Crippen molar-refractivity contribution in [1.29, 1.82) is 0 Å². The van der Waals surface area contributed by atoms with Gasteiger partial charge in [-0.2, -0.15) is 0 Å². The van der Waals surface area contributed by atoms with Crippen LogP contribution in [0.2, 0.25) is 0 Å². The number of rotatable bonds is 7. The summed E-state index contributed by atoms with van der Waals surface area (Å²) in [6.07, 6.45) is 1.59. The molecule has 0 aromatic heterocycles. The molecule has 0 heterocycles. The van der Waals surface area contributed by atoms with Crippen LogP contribution in [0.4, 0.5) is 4.79 Å². The van der Waals surface area contributed by atoms with Gasteiger partial charge in [0.1, 0.15) is 11.8 Å². The summed E-state index contributed by atoms with van der Waals surface area (Å²) >= 11 is 0. The lowest BCUT2D eigenvalue weighted by molar-refractivity contribution is -0.156. The zero-order valence-corrected chi connectivity index (χ0v) is 14.6. The summed E-state index contributed by atoms with van der Waals surface area (Å²) < 4.78 is 9.89. The van der Waals surface area contributed by atoms with Crippen molar-refractivity contribution in [3.63, 3.8) is 0 Å². The van der Waals surface area contributed by atoms with E-state index in [-0.39, 0.29) is 0 Å². The zero-order valence-electron chi connectivity index (χ0n) is 14.6. The Labute approximate surface area is 150 Å². The lowest BCUT2D eigenvalue weighted by Gasteiger charge is -2.16. The first-order chi connectivity index (χ1) is 12.2. The van der Waals surface area contributed by atoms with Crippen LogP contribution in [0.25, 0.3) is 6.08 Å². The van der Waals surface area contributed by atoms with Gasteiger partial charge in [-0.1, -0.05) is 12.1 Å². The number of ether oxygens (including phenoxy) is 2. The first-order valence-electron chi connectivity index (χ1n) is 7.66. The molecule has 0 spiro atoms. The molecule has 9 heteroatoms. The summed E-state index contributed by atoms with van der Waals surface area (Å²) in [5.41, 5.74) is 5.57. The van der Waals surface area contributed by atoms with Crippen LogP contribution in [0, 0.1) is 0 Å². The van der Waals surface area contributed by atoms with Crippen LogP contribution in [-0.2, 0) is 19.1 Å². The molecule has 2 atom stereocenters. The molecule has 0 bridgehead atoms. The minimum absolute atomic E-state index is 0.514. The number of primary amides is 1. The zero-order chi connectivity index (χ0) is 19.7. The topological polar surface area (TPSA) is 137 Å². The number of hydrogen-bond donors (Lipinski definition) is 3. The van der Waals surface area contributed by atoms with E-state index >= 15 is 0 Å². The highest BCUT2D eigenvalue weighted by atomic mass is 16.5. The molecule has 1 aromatic rings. The predicted octanol–water partition coefficient (Wildman–Crippen LogP) is 0.340. The molecule has 9 nitrogen and oxygen atoms in total. The van der Waals surface area contributed by atoms with Crippen LogP contribution < -0.4 is 21.1 Å². The molecule has 0 radical (unpaired) electrons. The second-order valence-electron chi connectivity index (χ2n) is 5.27. The average molecular weight is 363 g/mol. The quantitative estimate of drug-likeness (QED) is 0.472. The van der Waals surface area contributed by atoms with Crippen LogP contribution in [0.3, 0.4) is 0 Å². The van der Waals surface area contributed by atoms with Gasteiger partial charge in [0, 0.05) is 6.08 Å². The molecule has 0 aliphatic heterocycles. The van der Waals surface area contributed by atoms with Gasteiger partial charge in [0.15, 0.2) is 6.10 Å². The summed E-state index contributed by atoms with van der Waals surface area (Å²) in [5, 5.41) is 4.20. The van der Waals surface area contributed by atoms with Gasteiger partial charge in [0.2, 0.25) is 5.91 Å². The minimum Gasteiger partial charge on any atom is -0.497 e. The van der Waals surface area contributed by atoms with Gasteiger partial charge in [-0.3, -0.25) is 14.9 Å². The molecule has 4 N–H and O–H groups in total. The number of carbonyl (C=O) groups excluding carboxylic acids is 4. The maximum absolute atomic E-state index is 11.9. The van der Waals surface area contributed by atoms with E-state index in [0.29, 0.717) is 5.75 Å². The number of benzene rings is 1. The smallest absolute Gasteiger partial charge is 0.329 e. The van der Waals surface area contributed by atoms with Crippen molar-refractivity contribution < 1.29 is 28.7 Å². The van der Waals surface area contributed by atoms with E-state index in [2.05, 4.69) is 5.32 Å². The van der Waals surface area contributed by atoms with E-state index in [1.54, 1.807) is 42.8 Å². The number of nitrogens with one attached hydrogen (secondary N) is 2. The Hall–Kier alpha value is -3.36. The number of carbonyl (C=O) groups is 4. The van der Waals surface area contributed by atoms with E-state index < -0.39 is 36.0 Å². The fourth-order valence-corrected chi connectivity index (χ4v) is 1.76. The third-order valence-electron chi connectivity index (χ3n) is 3.16. The van der Waals surface area contributed by atoms with E-state index in [1.165, 1.54) is 19.9 Å². The van der Waals surface area contributed by atoms with E-state index in [1.807, 2.05) is 0 Å². The largest absolute Gasteiger partial charge is 0.497 e.